The summed E-state index contributed by atoms with van der Waals surface area (Å²) in [7, 11) is -2.30. The summed E-state index contributed by atoms with van der Waals surface area (Å²) < 4.78 is 29.2. The maximum Gasteiger partial charge on any atom is 0.322 e. The highest BCUT2D eigenvalue weighted by Crippen LogP contribution is 2.27. The number of carbonyl (C=O) groups excluding carboxylic acids is 1. The molecule has 2 amide bonds. The summed E-state index contributed by atoms with van der Waals surface area (Å²) in [5, 5.41) is 19.8. The number of primary sulfonamides is 1. The van der Waals surface area contributed by atoms with Crippen molar-refractivity contribution >= 4 is 44.8 Å². The lowest BCUT2D eigenvalue weighted by molar-refractivity contribution is 0.209. The van der Waals surface area contributed by atoms with Crippen molar-refractivity contribution in [3.8, 4) is 16.9 Å². The van der Waals surface area contributed by atoms with Gasteiger partial charge in [-0.1, -0.05) is 67.7 Å². The molecule has 0 aliphatic heterocycles. The Morgan fingerprint density at radius 3 is 2.30 bits per heavy atom. The van der Waals surface area contributed by atoms with Gasteiger partial charge >= 0.3 is 6.03 Å². The van der Waals surface area contributed by atoms with E-state index in [1.807, 2.05) is 55.5 Å². The molecule has 0 saturated heterocycles. The van der Waals surface area contributed by atoms with Crippen LogP contribution in [0.1, 0.15) is 30.0 Å². The van der Waals surface area contributed by atoms with Crippen molar-refractivity contribution in [3.63, 3.8) is 0 Å². The third-order valence-electron chi connectivity index (χ3n) is 6.60. The number of ether oxygens (including phenoxy) is 1. The summed E-state index contributed by atoms with van der Waals surface area (Å²) in [5.74, 6) is 0.871. The number of urea groups is 1. The van der Waals surface area contributed by atoms with Crippen LogP contribution in [0, 0.1) is 5.41 Å². The van der Waals surface area contributed by atoms with Gasteiger partial charge in [-0.2, -0.15) is 0 Å². The third kappa shape index (κ3) is 8.25. The minimum atomic E-state index is -3.89. The van der Waals surface area contributed by atoms with Crippen LogP contribution in [-0.2, 0) is 16.6 Å². The Hall–Kier alpha value is -4.58. The molecule has 0 saturated carbocycles. The van der Waals surface area contributed by atoms with E-state index >= 15 is 0 Å². The fourth-order valence-electron chi connectivity index (χ4n) is 4.46. The Balaban J connectivity index is 1.43. The molecule has 11 heteroatoms. The van der Waals surface area contributed by atoms with Crippen molar-refractivity contribution in [3.05, 3.63) is 114 Å². The molecule has 0 aliphatic carbocycles. The fraction of sp³-hybridized carbons (Fsp3) is 0.156. The average Bonchev–Trinajstić information content (AvgIpc) is 3.01. The van der Waals surface area contributed by atoms with Gasteiger partial charge in [0.25, 0.3) is 0 Å². The molecule has 0 heterocycles. The zero-order valence-corrected chi connectivity index (χ0v) is 25.5. The van der Waals surface area contributed by atoms with Crippen molar-refractivity contribution in [1.29, 1.82) is 5.41 Å². The highest BCUT2D eigenvalue weighted by molar-refractivity contribution is 7.89. The van der Waals surface area contributed by atoms with Crippen molar-refractivity contribution in [2.24, 2.45) is 5.14 Å². The Bertz CT molecular complexity index is 1720. The van der Waals surface area contributed by atoms with Crippen LogP contribution in [0.25, 0.3) is 11.1 Å². The van der Waals surface area contributed by atoms with E-state index in [9.17, 15) is 13.2 Å². The maximum atomic E-state index is 13.3. The molecule has 5 N–H and O–H groups in total. The first-order valence-electron chi connectivity index (χ1n) is 13.5. The number of amides is 2. The number of nitrogens with one attached hydrogen (secondary N) is 3. The summed E-state index contributed by atoms with van der Waals surface area (Å²) in [6.45, 7) is 2.85. The predicted molar refractivity (Wildman–Crippen MR) is 174 cm³/mol. The lowest BCUT2D eigenvalue weighted by Gasteiger charge is -2.23. The quantitative estimate of drug-likeness (QED) is 0.102. The highest BCUT2D eigenvalue weighted by Gasteiger charge is 2.17. The number of anilines is 1. The number of amidine groups is 1. The predicted octanol–water partition coefficient (Wildman–Crippen LogP) is 5.74. The molecule has 4 rings (SSSR count). The summed E-state index contributed by atoms with van der Waals surface area (Å²) >= 11 is 5.48. The molecule has 0 atom stereocenters. The van der Waals surface area contributed by atoms with Crippen LogP contribution < -0.4 is 20.5 Å². The molecule has 0 aliphatic rings. The summed E-state index contributed by atoms with van der Waals surface area (Å²) in [6.07, 6.45) is 0.754. The van der Waals surface area contributed by atoms with Crippen LogP contribution in [-0.4, -0.2) is 43.8 Å². The van der Waals surface area contributed by atoms with Crippen LogP contribution >= 0.6 is 12.2 Å². The van der Waals surface area contributed by atoms with Crippen molar-refractivity contribution < 1.29 is 17.9 Å². The largest absolute Gasteiger partial charge is 0.497 e. The van der Waals surface area contributed by atoms with E-state index in [-0.39, 0.29) is 16.8 Å². The van der Waals surface area contributed by atoms with E-state index in [4.69, 9.17) is 27.5 Å². The van der Waals surface area contributed by atoms with E-state index < -0.39 is 10.0 Å². The van der Waals surface area contributed by atoms with Gasteiger partial charge in [0.15, 0.2) is 0 Å². The fourth-order valence-corrected chi connectivity index (χ4v) is 5.46. The van der Waals surface area contributed by atoms with Gasteiger partial charge in [0.1, 0.15) is 16.6 Å². The zero-order valence-electron chi connectivity index (χ0n) is 23.8. The SMILES string of the molecule is CCCN(Cc1cccc(C(=N)NC(=S)c2ccc(OC)cc2)c1)C(=O)Nc1ccc(-c2ccccc2S(N)(=O)=O)cc1. The highest BCUT2D eigenvalue weighted by atomic mass is 32.2. The Kier molecular flexibility index (Phi) is 10.3. The first-order chi connectivity index (χ1) is 20.6. The molecule has 4 aromatic carbocycles. The number of nitrogens with two attached hydrogens (primary N) is 1. The second-order valence-corrected chi connectivity index (χ2v) is 11.7. The van der Waals surface area contributed by atoms with Crippen LogP contribution in [0.3, 0.4) is 0 Å². The minimum Gasteiger partial charge on any atom is -0.497 e. The van der Waals surface area contributed by atoms with Gasteiger partial charge in [-0.15, -0.1) is 0 Å². The third-order valence-corrected chi connectivity index (χ3v) is 7.91. The molecule has 0 spiro atoms. The summed E-state index contributed by atoms with van der Waals surface area (Å²) in [4.78, 5) is 15.4. The number of sulfonamides is 1. The van der Waals surface area contributed by atoms with Gasteiger partial charge in [0.2, 0.25) is 10.0 Å². The number of hydrogen-bond acceptors (Lipinski definition) is 6. The number of hydrogen-bond donors (Lipinski definition) is 4. The van der Waals surface area contributed by atoms with Gasteiger partial charge in [0, 0.05) is 35.5 Å². The first-order valence-corrected chi connectivity index (χ1v) is 15.5. The van der Waals surface area contributed by atoms with E-state index in [2.05, 4.69) is 10.6 Å². The smallest absolute Gasteiger partial charge is 0.322 e. The molecule has 0 unspecified atom stereocenters. The van der Waals surface area contributed by atoms with E-state index in [0.717, 1.165) is 23.3 Å². The van der Waals surface area contributed by atoms with E-state index in [1.165, 1.54) is 6.07 Å². The van der Waals surface area contributed by atoms with Crippen molar-refractivity contribution in [2.75, 3.05) is 19.0 Å². The number of benzene rings is 4. The summed E-state index contributed by atoms with van der Waals surface area (Å²) in [5.41, 5.74) is 3.98. The van der Waals surface area contributed by atoms with Crippen molar-refractivity contribution in [2.45, 2.75) is 24.8 Å². The monoisotopic (exact) mass is 615 g/mol. The van der Waals surface area contributed by atoms with Crippen molar-refractivity contribution in [1.82, 2.24) is 10.2 Å². The van der Waals surface area contributed by atoms with Crippen LogP contribution in [0.4, 0.5) is 10.5 Å². The Morgan fingerprint density at radius 2 is 1.65 bits per heavy atom. The summed E-state index contributed by atoms with van der Waals surface area (Å²) in [6, 6.07) is 27.8. The lowest BCUT2D eigenvalue weighted by atomic mass is 10.1. The molecular weight excluding hydrogens is 583 g/mol. The van der Waals surface area contributed by atoms with Gasteiger partial charge in [-0.05, 0) is 66.1 Å². The molecule has 0 fully saturated rings. The molecule has 0 radical (unpaired) electrons. The molecule has 9 nitrogen and oxygen atoms in total. The van der Waals surface area contributed by atoms with Gasteiger partial charge < -0.3 is 20.3 Å². The second kappa shape index (κ2) is 14.1. The second-order valence-electron chi connectivity index (χ2n) is 9.73. The molecule has 0 bridgehead atoms. The number of carbonyl (C=O) groups is 1. The topological polar surface area (TPSA) is 138 Å². The number of rotatable bonds is 10. The molecular formula is C32H33N5O4S2. The average molecular weight is 616 g/mol. The lowest BCUT2D eigenvalue weighted by Crippen LogP contribution is -2.35. The molecule has 0 aromatic heterocycles. The van der Waals surface area contributed by atoms with Gasteiger partial charge in [-0.3, -0.25) is 5.41 Å². The number of methoxy groups -OCH3 is 1. The zero-order chi connectivity index (χ0) is 31.0. The van der Waals surface area contributed by atoms with Crippen LogP contribution in [0.5, 0.6) is 5.75 Å². The Labute approximate surface area is 257 Å². The van der Waals surface area contributed by atoms with Gasteiger partial charge in [0.05, 0.1) is 12.0 Å². The minimum absolute atomic E-state index is 0.0361. The molecule has 222 valence electrons. The van der Waals surface area contributed by atoms with E-state index in [1.54, 1.807) is 54.5 Å². The standard InChI is InChI=1S/C32H33N5O4S2/c1-3-19-37(32(38)35-26-15-11-23(12-16-26)28-9-4-5-10-29(28)43(34,39)40)21-22-7-6-8-25(20-22)30(33)36-31(42)24-13-17-27(41-2)18-14-24/h4-18,20H,3,19,21H2,1-2H3,(H,35,38)(H2,33,36,42)(H2,34,39,40). The van der Waals surface area contributed by atoms with Crippen LogP contribution in [0.15, 0.2) is 102 Å². The molecule has 4 aromatic rings. The van der Waals surface area contributed by atoms with E-state index in [0.29, 0.717) is 40.5 Å². The van der Waals surface area contributed by atoms with Crippen LogP contribution in [0.2, 0.25) is 0 Å². The number of nitrogens with zero attached hydrogens (tertiary/aromatic N) is 1. The first kappa shape index (κ1) is 31.4. The maximum absolute atomic E-state index is 13.3. The van der Waals surface area contributed by atoms with Gasteiger partial charge in [-0.25, -0.2) is 18.4 Å². The molecule has 43 heavy (non-hydrogen) atoms. The number of thiocarbonyl (C=S) groups is 1. The normalized spacial score (nSPS) is 11.0. The Morgan fingerprint density at radius 1 is 0.953 bits per heavy atom.